The molecule has 0 spiro atoms. The average molecular weight is 350 g/mol. The van der Waals surface area contributed by atoms with Crippen LogP contribution in [-0.2, 0) is 9.47 Å². The Morgan fingerprint density at radius 3 is 2.79 bits per heavy atom. The zero-order valence-electron chi connectivity index (χ0n) is 14.4. The van der Waals surface area contributed by atoms with Crippen molar-refractivity contribution in [2.24, 2.45) is 0 Å². The number of carbonyl (C=O) groups excluding carboxylic acids is 1. The molecule has 2 heterocycles. The van der Waals surface area contributed by atoms with Gasteiger partial charge >= 0.3 is 5.97 Å². The van der Waals surface area contributed by atoms with Crippen molar-refractivity contribution < 1.29 is 19.0 Å². The van der Waals surface area contributed by atoms with Crippen molar-refractivity contribution in [3.63, 3.8) is 0 Å². The van der Waals surface area contributed by atoms with Gasteiger partial charge in [0.1, 0.15) is 17.2 Å². The smallest absolute Gasteiger partial charge is 0.358 e. The summed E-state index contributed by atoms with van der Waals surface area (Å²) in [7, 11) is 0. The summed E-state index contributed by atoms with van der Waals surface area (Å²) >= 11 is 1.38. The first-order valence-electron chi connectivity index (χ1n) is 7.75. The normalized spacial score (nSPS) is 11.3. The molecule has 0 bridgehead atoms. The van der Waals surface area contributed by atoms with Crippen LogP contribution in [0.4, 0.5) is 0 Å². The van der Waals surface area contributed by atoms with E-state index in [0.29, 0.717) is 36.4 Å². The third kappa shape index (κ3) is 5.58. The van der Waals surface area contributed by atoms with Gasteiger partial charge in [0.25, 0.3) is 0 Å². The van der Waals surface area contributed by atoms with Gasteiger partial charge in [-0.15, -0.1) is 11.3 Å². The molecule has 0 aromatic carbocycles. The quantitative estimate of drug-likeness (QED) is 0.561. The second kappa shape index (κ2) is 8.21. The summed E-state index contributed by atoms with van der Waals surface area (Å²) in [4.78, 5) is 20.6. The van der Waals surface area contributed by atoms with E-state index in [4.69, 9.17) is 14.2 Å². The van der Waals surface area contributed by atoms with E-state index in [2.05, 4.69) is 9.97 Å². The van der Waals surface area contributed by atoms with Gasteiger partial charge < -0.3 is 14.2 Å². The molecule has 7 heteroatoms. The minimum absolute atomic E-state index is 0.306. The van der Waals surface area contributed by atoms with Gasteiger partial charge in [0.05, 0.1) is 6.61 Å². The predicted molar refractivity (Wildman–Crippen MR) is 92.5 cm³/mol. The lowest BCUT2D eigenvalue weighted by Crippen LogP contribution is -2.24. The Balaban J connectivity index is 2.05. The molecule has 0 aliphatic heterocycles. The Hall–Kier alpha value is -1.99. The van der Waals surface area contributed by atoms with E-state index in [1.165, 1.54) is 11.3 Å². The van der Waals surface area contributed by atoms with Gasteiger partial charge in [-0.05, 0) is 33.8 Å². The maximum absolute atomic E-state index is 12.0. The van der Waals surface area contributed by atoms with E-state index in [-0.39, 0.29) is 0 Å². The molecule has 0 saturated heterocycles. The Kier molecular flexibility index (Phi) is 6.28. The fraction of sp³-hybridized carbons (Fsp3) is 0.471. The number of pyridine rings is 1. The minimum atomic E-state index is -0.543. The van der Waals surface area contributed by atoms with Gasteiger partial charge in [0.15, 0.2) is 5.69 Å². The summed E-state index contributed by atoms with van der Waals surface area (Å²) in [6, 6.07) is 3.62. The Labute approximate surface area is 145 Å². The zero-order valence-corrected chi connectivity index (χ0v) is 15.2. The molecular weight excluding hydrogens is 328 g/mol. The highest BCUT2D eigenvalue weighted by Crippen LogP contribution is 2.26. The molecule has 0 fully saturated rings. The number of carbonyl (C=O) groups is 1. The number of aromatic nitrogens is 2. The molecule has 2 rings (SSSR count). The van der Waals surface area contributed by atoms with Gasteiger partial charge in [-0.1, -0.05) is 0 Å². The fourth-order valence-corrected chi connectivity index (χ4v) is 2.59. The Bertz CT molecular complexity index is 679. The number of rotatable bonds is 7. The highest BCUT2D eigenvalue weighted by molar-refractivity contribution is 7.13. The monoisotopic (exact) mass is 350 g/mol. The highest BCUT2D eigenvalue weighted by Gasteiger charge is 2.20. The van der Waals surface area contributed by atoms with Crippen LogP contribution < -0.4 is 4.74 Å². The summed E-state index contributed by atoms with van der Waals surface area (Å²) in [5.74, 6) is 0.0773. The fourth-order valence-electron chi connectivity index (χ4n) is 1.80. The topological polar surface area (TPSA) is 70.5 Å². The summed E-state index contributed by atoms with van der Waals surface area (Å²) in [6.45, 7) is 9.02. The van der Waals surface area contributed by atoms with Crippen molar-refractivity contribution in [2.75, 3.05) is 19.8 Å². The van der Waals surface area contributed by atoms with Crippen LogP contribution in [-0.4, -0.2) is 41.4 Å². The van der Waals surface area contributed by atoms with Gasteiger partial charge in [-0.2, -0.15) is 0 Å². The van der Waals surface area contributed by atoms with Crippen molar-refractivity contribution in [1.82, 2.24) is 9.97 Å². The second-order valence-electron chi connectivity index (χ2n) is 5.97. The lowest BCUT2D eigenvalue weighted by atomic mass is 10.2. The van der Waals surface area contributed by atoms with Crippen molar-refractivity contribution in [1.29, 1.82) is 0 Å². The van der Waals surface area contributed by atoms with E-state index >= 15 is 0 Å². The summed E-state index contributed by atoms with van der Waals surface area (Å²) < 4.78 is 16.1. The van der Waals surface area contributed by atoms with E-state index in [1.54, 1.807) is 17.6 Å². The third-order valence-corrected chi connectivity index (χ3v) is 3.67. The maximum atomic E-state index is 12.0. The van der Waals surface area contributed by atoms with E-state index < -0.39 is 11.6 Å². The molecule has 24 heavy (non-hydrogen) atoms. The second-order valence-corrected chi connectivity index (χ2v) is 6.83. The van der Waals surface area contributed by atoms with Crippen LogP contribution in [0.2, 0.25) is 0 Å². The zero-order chi connectivity index (χ0) is 17.6. The van der Waals surface area contributed by atoms with Crippen LogP contribution in [0.1, 0.15) is 38.2 Å². The van der Waals surface area contributed by atoms with Gasteiger partial charge in [0, 0.05) is 29.8 Å². The molecule has 130 valence electrons. The summed E-state index contributed by atoms with van der Waals surface area (Å²) in [6.07, 6.45) is 1.65. The van der Waals surface area contributed by atoms with E-state index in [1.807, 2.05) is 33.8 Å². The van der Waals surface area contributed by atoms with Gasteiger partial charge in [-0.3, -0.25) is 0 Å². The SMILES string of the molecule is CCOCCOc1cc(-c2nc(C(=O)OC(C)(C)C)cs2)ccn1. The first-order chi connectivity index (χ1) is 11.4. The average Bonchev–Trinajstić information content (AvgIpc) is 3.00. The minimum Gasteiger partial charge on any atom is -0.475 e. The molecule has 0 N–H and O–H groups in total. The van der Waals surface area contributed by atoms with Crippen LogP contribution in [0, 0.1) is 0 Å². The first kappa shape index (κ1) is 18.4. The molecule has 0 unspecified atom stereocenters. The van der Waals surface area contributed by atoms with Crippen LogP contribution in [0.15, 0.2) is 23.7 Å². The largest absolute Gasteiger partial charge is 0.475 e. The highest BCUT2D eigenvalue weighted by atomic mass is 32.1. The molecule has 0 atom stereocenters. The van der Waals surface area contributed by atoms with Crippen molar-refractivity contribution in [3.8, 4) is 16.5 Å². The molecule has 0 amide bonds. The first-order valence-corrected chi connectivity index (χ1v) is 8.63. The lowest BCUT2D eigenvalue weighted by molar-refractivity contribution is 0.00638. The molecule has 0 aliphatic carbocycles. The standard InChI is InChI=1S/C17H22N2O4S/c1-5-21-8-9-22-14-10-12(6-7-18-14)15-19-13(11-24-15)16(20)23-17(2,3)4/h6-7,10-11H,5,8-9H2,1-4H3. The van der Waals surface area contributed by atoms with Gasteiger partial charge in [0.2, 0.25) is 5.88 Å². The lowest BCUT2D eigenvalue weighted by Gasteiger charge is -2.18. The van der Waals surface area contributed by atoms with Crippen LogP contribution in [0.5, 0.6) is 5.88 Å². The summed E-state index contributed by atoms with van der Waals surface area (Å²) in [5, 5.41) is 2.41. The molecular formula is C17H22N2O4S. The van der Waals surface area contributed by atoms with E-state index in [9.17, 15) is 4.79 Å². The number of hydrogen-bond acceptors (Lipinski definition) is 7. The Morgan fingerprint density at radius 1 is 1.29 bits per heavy atom. The van der Waals surface area contributed by atoms with Crippen LogP contribution in [0.25, 0.3) is 10.6 Å². The molecule has 2 aromatic heterocycles. The number of hydrogen-bond donors (Lipinski definition) is 0. The van der Waals surface area contributed by atoms with Gasteiger partial charge in [-0.25, -0.2) is 14.8 Å². The van der Waals surface area contributed by atoms with Crippen molar-refractivity contribution >= 4 is 17.3 Å². The number of esters is 1. The number of nitrogens with zero attached hydrogens (tertiary/aromatic N) is 2. The molecule has 0 saturated carbocycles. The number of ether oxygens (including phenoxy) is 3. The summed E-state index contributed by atoms with van der Waals surface area (Å²) in [5.41, 5.74) is 0.607. The molecule has 2 aromatic rings. The van der Waals surface area contributed by atoms with Crippen LogP contribution >= 0.6 is 11.3 Å². The van der Waals surface area contributed by atoms with E-state index in [0.717, 1.165) is 5.56 Å². The number of thiazole rings is 1. The molecule has 6 nitrogen and oxygen atoms in total. The predicted octanol–water partition coefficient (Wildman–Crippen LogP) is 3.58. The van der Waals surface area contributed by atoms with Crippen molar-refractivity contribution in [2.45, 2.75) is 33.3 Å². The Morgan fingerprint density at radius 2 is 2.08 bits per heavy atom. The third-order valence-electron chi connectivity index (χ3n) is 2.78. The van der Waals surface area contributed by atoms with Crippen molar-refractivity contribution in [3.05, 3.63) is 29.4 Å². The maximum Gasteiger partial charge on any atom is 0.358 e. The molecule has 0 radical (unpaired) electrons. The van der Waals surface area contributed by atoms with Crippen LogP contribution in [0.3, 0.4) is 0 Å². The molecule has 0 aliphatic rings.